The lowest BCUT2D eigenvalue weighted by Crippen LogP contribution is -2.49. The SMILES string of the molecule is [C-]#[N+]C(C)(CCC(=O)CCCOCCOCCC(=O)O)CC(C)(CC(C)(CC(C)(SC(=S)SCC)C(=O)OCCOC)C(=O)OCCOCCNC(=O)OC(C)(C)C)C(=O)OCCSSc1ccccn1. The van der Waals surface area contributed by atoms with Gasteiger partial charge in [0.25, 0.3) is 0 Å². The van der Waals surface area contributed by atoms with Crippen LogP contribution in [0.25, 0.3) is 4.85 Å². The Labute approximate surface area is 441 Å². The van der Waals surface area contributed by atoms with Crippen LogP contribution in [-0.2, 0) is 61.9 Å². The minimum absolute atomic E-state index is 0.00808. The van der Waals surface area contributed by atoms with E-state index in [1.54, 1.807) is 54.7 Å². The minimum atomic E-state index is -1.63. The number of ether oxygens (including phenoxy) is 8. The van der Waals surface area contributed by atoms with Crippen molar-refractivity contribution in [3.05, 3.63) is 35.8 Å². The van der Waals surface area contributed by atoms with E-state index in [0.717, 1.165) is 16.8 Å². The molecule has 23 heteroatoms. The minimum Gasteiger partial charge on any atom is -0.481 e. The first-order valence-electron chi connectivity index (χ1n) is 23.3. The fourth-order valence-corrected chi connectivity index (χ4v) is 12.0. The predicted octanol–water partition coefficient (Wildman–Crippen LogP) is 8.67. The quantitative estimate of drug-likeness (QED) is 0.0158. The lowest BCUT2D eigenvalue weighted by Gasteiger charge is -2.41. The zero-order chi connectivity index (χ0) is 53.4. The maximum atomic E-state index is 14.7. The van der Waals surface area contributed by atoms with E-state index in [2.05, 4.69) is 15.1 Å². The lowest BCUT2D eigenvalue weighted by molar-refractivity contribution is -0.167. The van der Waals surface area contributed by atoms with Crippen molar-refractivity contribution in [2.45, 2.75) is 128 Å². The van der Waals surface area contributed by atoms with Gasteiger partial charge in [0, 0.05) is 64.8 Å². The molecular formula is C48H75N3O15S5. The summed E-state index contributed by atoms with van der Waals surface area (Å²) in [5.74, 6) is -2.15. The number of aliphatic carboxylic acids is 1. The summed E-state index contributed by atoms with van der Waals surface area (Å²) < 4.78 is 43.2. The molecule has 0 aliphatic rings. The van der Waals surface area contributed by atoms with Gasteiger partial charge in [-0.15, -0.1) is 11.8 Å². The topological polar surface area (TPSA) is 226 Å². The first-order chi connectivity index (χ1) is 33.4. The van der Waals surface area contributed by atoms with Crippen molar-refractivity contribution in [2.24, 2.45) is 10.8 Å². The molecule has 0 radical (unpaired) electrons. The van der Waals surface area contributed by atoms with Gasteiger partial charge in [-0.2, -0.15) is 0 Å². The zero-order valence-corrected chi connectivity index (χ0v) is 46.8. The number of thiocarbonyl (C=S) groups is 1. The van der Waals surface area contributed by atoms with Crippen molar-refractivity contribution in [3.63, 3.8) is 0 Å². The molecule has 0 saturated carbocycles. The number of amides is 1. The molecule has 0 fully saturated rings. The Balaban J connectivity index is 3.51. The van der Waals surface area contributed by atoms with E-state index in [1.807, 2.05) is 25.1 Å². The summed E-state index contributed by atoms with van der Waals surface area (Å²) in [5, 5.41) is 12.1. The van der Waals surface area contributed by atoms with Crippen LogP contribution < -0.4 is 5.32 Å². The molecule has 71 heavy (non-hydrogen) atoms. The number of esters is 3. The number of hydrogen-bond acceptors (Lipinski definition) is 20. The summed E-state index contributed by atoms with van der Waals surface area (Å²) in [6.45, 7) is 22.9. The van der Waals surface area contributed by atoms with Crippen LogP contribution in [0.3, 0.4) is 0 Å². The molecule has 1 aromatic rings. The van der Waals surface area contributed by atoms with Gasteiger partial charge >= 0.3 is 30.0 Å². The summed E-state index contributed by atoms with van der Waals surface area (Å²) in [5.41, 5.74) is -5.17. The number of nitrogens with one attached hydrogen (secondary N) is 1. The molecule has 1 heterocycles. The molecule has 0 aromatic carbocycles. The molecular weight excluding hydrogens is 1020 g/mol. The fraction of sp³-hybridized carbons (Fsp3) is 0.729. The molecule has 0 aliphatic carbocycles. The van der Waals surface area contributed by atoms with Gasteiger partial charge in [0.2, 0.25) is 5.54 Å². The molecule has 0 bridgehead atoms. The van der Waals surface area contributed by atoms with Crippen molar-refractivity contribution in [1.82, 2.24) is 10.3 Å². The van der Waals surface area contributed by atoms with Crippen LogP contribution in [0.4, 0.5) is 4.79 Å². The number of thioether (sulfide) groups is 2. The van der Waals surface area contributed by atoms with Crippen LogP contribution in [0.15, 0.2) is 29.4 Å². The Kier molecular flexibility index (Phi) is 32.5. The standard InChI is InChI=1S/C48H75N3O15S5/c1-11-68-43(67)70-48(8,41(57)64-29-25-59-10)35-46(6,40(56)63-30-28-62-24-21-51-42(58)66-44(2,3)4)33-45(5,39(55)65-31-32-69-71-37-16-12-13-20-50-37)34-47(7,49-9)19-17-36(52)15-14-22-60-26-27-61-23-18-38(53)54/h12-13,16,20H,11,14-15,17-19,21-35H2,1-8,10H3,(H,51,58)(H,53,54). The van der Waals surface area contributed by atoms with Crippen LogP contribution >= 0.6 is 57.3 Å². The van der Waals surface area contributed by atoms with Gasteiger partial charge in [0.1, 0.15) is 44.5 Å². The molecule has 4 unspecified atom stereocenters. The van der Waals surface area contributed by atoms with Crippen molar-refractivity contribution in [1.29, 1.82) is 0 Å². The molecule has 2 N–H and O–H groups in total. The maximum Gasteiger partial charge on any atom is 0.407 e. The molecule has 402 valence electrons. The third-order valence-electron chi connectivity index (χ3n) is 10.1. The highest BCUT2D eigenvalue weighted by Crippen LogP contribution is 2.50. The smallest absolute Gasteiger partial charge is 0.407 e. The van der Waals surface area contributed by atoms with E-state index in [1.165, 1.54) is 40.5 Å². The molecule has 0 saturated heterocycles. The number of ketones is 1. The number of hydrogen-bond donors (Lipinski definition) is 2. The monoisotopic (exact) mass is 1090 g/mol. The van der Waals surface area contributed by atoms with Gasteiger partial charge < -0.3 is 53.2 Å². The van der Waals surface area contributed by atoms with Crippen molar-refractivity contribution in [2.75, 3.05) is 91.2 Å². The number of aromatic nitrogens is 1. The normalized spacial score (nSPS) is 14.8. The Bertz CT molecular complexity index is 1860. The number of carbonyl (C=O) groups excluding carboxylic acids is 5. The number of rotatable bonds is 38. The third-order valence-corrected chi connectivity index (χ3v) is 15.0. The van der Waals surface area contributed by atoms with E-state index < -0.39 is 56.7 Å². The molecule has 1 rings (SSSR count). The highest BCUT2D eigenvalue weighted by molar-refractivity contribution is 8.76. The van der Waals surface area contributed by atoms with Gasteiger partial charge in [-0.05, 0) is 89.5 Å². The highest BCUT2D eigenvalue weighted by atomic mass is 33.1. The molecule has 0 aliphatic heterocycles. The summed E-state index contributed by atoms with van der Waals surface area (Å²) in [4.78, 5) is 87.6. The van der Waals surface area contributed by atoms with E-state index in [9.17, 15) is 28.8 Å². The van der Waals surface area contributed by atoms with Crippen LogP contribution in [0.1, 0.15) is 107 Å². The van der Waals surface area contributed by atoms with Gasteiger partial charge in [-0.3, -0.25) is 24.0 Å². The largest absolute Gasteiger partial charge is 0.481 e. The van der Waals surface area contributed by atoms with Crippen LogP contribution in [0, 0.1) is 17.4 Å². The van der Waals surface area contributed by atoms with Crippen LogP contribution in [0.2, 0.25) is 0 Å². The zero-order valence-electron chi connectivity index (χ0n) is 42.8. The Morgan fingerprint density at radius 2 is 1.38 bits per heavy atom. The number of nitrogens with zero attached hydrogens (tertiary/aromatic N) is 2. The second-order valence-corrected chi connectivity index (χ2v) is 24.7. The van der Waals surface area contributed by atoms with E-state index in [4.69, 9.17) is 61.8 Å². The van der Waals surface area contributed by atoms with Gasteiger partial charge in [0.15, 0.2) is 0 Å². The van der Waals surface area contributed by atoms with Crippen molar-refractivity contribution in [3.8, 4) is 0 Å². The summed E-state index contributed by atoms with van der Waals surface area (Å²) in [7, 11) is 4.32. The Hall–Kier alpha value is -3.21. The average Bonchev–Trinajstić information content (AvgIpc) is 3.29. The van der Waals surface area contributed by atoms with E-state index in [-0.39, 0.29) is 123 Å². The molecule has 1 amide bonds. The van der Waals surface area contributed by atoms with E-state index >= 15 is 0 Å². The Morgan fingerprint density at radius 3 is 2.00 bits per heavy atom. The average molecular weight is 1090 g/mol. The first-order valence-corrected chi connectivity index (χ1v) is 27.9. The molecule has 4 atom stereocenters. The molecule has 0 spiro atoms. The second kappa shape index (κ2) is 35.1. The maximum absolute atomic E-state index is 14.7. The number of pyridine rings is 1. The van der Waals surface area contributed by atoms with Gasteiger partial charge in [-0.25, -0.2) is 16.4 Å². The van der Waals surface area contributed by atoms with Crippen molar-refractivity contribution < 1.29 is 71.8 Å². The third kappa shape index (κ3) is 29.3. The number of carboxylic acid groups (broad SMARTS) is 1. The highest BCUT2D eigenvalue weighted by Gasteiger charge is 2.55. The van der Waals surface area contributed by atoms with E-state index in [0.29, 0.717) is 21.5 Å². The number of carboxylic acids is 1. The first kappa shape index (κ1) is 65.8. The number of Topliss-reactive ketones (excluding diaryl/α,β-unsaturated/α-hetero) is 1. The fourth-order valence-electron chi connectivity index (χ4n) is 7.13. The summed E-state index contributed by atoms with van der Waals surface area (Å²) in [6, 6.07) is 5.54. The number of methoxy groups -OCH3 is 1. The predicted molar refractivity (Wildman–Crippen MR) is 282 cm³/mol. The van der Waals surface area contributed by atoms with Gasteiger partial charge in [-0.1, -0.05) is 47.8 Å². The second-order valence-electron chi connectivity index (χ2n) is 18.3. The Morgan fingerprint density at radius 1 is 0.761 bits per heavy atom. The van der Waals surface area contributed by atoms with Crippen molar-refractivity contribution >= 4 is 96.6 Å². The summed E-state index contributed by atoms with van der Waals surface area (Å²) >= 11 is 8.11. The van der Waals surface area contributed by atoms with Gasteiger partial charge in [0.05, 0.1) is 56.9 Å². The molecule has 1 aromatic heterocycles. The molecule has 18 nitrogen and oxygen atoms in total. The van der Waals surface area contributed by atoms with Crippen LogP contribution in [0.5, 0.6) is 0 Å². The number of alkyl carbamates (subject to hydrolysis) is 1. The number of carbonyl (C=O) groups is 6. The lowest BCUT2D eigenvalue weighted by atomic mass is 9.64. The van der Waals surface area contributed by atoms with Crippen LogP contribution in [-0.4, -0.2) is 156 Å². The summed E-state index contributed by atoms with van der Waals surface area (Å²) in [6.07, 6.45) is 1.10.